The Bertz CT molecular complexity index is 840. The Morgan fingerprint density at radius 3 is 2.37 bits per heavy atom. The highest BCUT2D eigenvalue weighted by Gasteiger charge is 2.64. The van der Waals surface area contributed by atoms with Crippen molar-refractivity contribution in [1.29, 1.82) is 0 Å². The van der Waals surface area contributed by atoms with Crippen LogP contribution in [0.5, 0.6) is 0 Å². The topological polar surface area (TPSA) is 98.5 Å². The fraction of sp³-hybridized carbons (Fsp3) is 0.300. The summed E-state index contributed by atoms with van der Waals surface area (Å²) in [7, 11) is 1.20. The molecule has 27 heavy (non-hydrogen) atoms. The van der Waals surface area contributed by atoms with Crippen molar-refractivity contribution < 1.29 is 19.2 Å². The first-order chi connectivity index (χ1) is 13.0. The molecule has 0 unspecified atom stereocenters. The second-order valence-electron chi connectivity index (χ2n) is 6.51. The van der Waals surface area contributed by atoms with Gasteiger partial charge in [-0.1, -0.05) is 60.7 Å². The van der Waals surface area contributed by atoms with Gasteiger partial charge in [0.15, 0.2) is 5.41 Å². The van der Waals surface area contributed by atoms with Crippen LogP contribution in [0.25, 0.3) is 0 Å². The van der Waals surface area contributed by atoms with E-state index in [1.165, 1.54) is 7.11 Å². The van der Waals surface area contributed by atoms with Crippen LogP contribution >= 0.6 is 0 Å². The molecule has 0 aliphatic carbocycles. The molecule has 0 saturated carbocycles. The average Bonchev–Trinajstić information content (AvgIpc) is 3.04. The highest BCUT2D eigenvalue weighted by atomic mass is 16.6. The van der Waals surface area contributed by atoms with Gasteiger partial charge in [-0.2, -0.15) is 0 Å². The van der Waals surface area contributed by atoms with Crippen LogP contribution < -0.4 is 5.32 Å². The second-order valence-corrected chi connectivity index (χ2v) is 6.51. The number of methoxy groups -OCH3 is 1. The molecule has 1 N–H and O–H groups in total. The number of carbonyl (C=O) groups excluding carboxylic acids is 2. The van der Waals surface area contributed by atoms with Crippen LogP contribution in [0, 0.1) is 15.5 Å². The summed E-state index contributed by atoms with van der Waals surface area (Å²) in [5, 5.41) is 14.2. The second kappa shape index (κ2) is 7.57. The first kappa shape index (κ1) is 18.6. The van der Waals surface area contributed by atoms with Crippen molar-refractivity contribution in [2.75, 3.05) is 20.2 Å². The molecule has 7 heteroatoms. The maximum absolute atomic E-state index is 13.0. The largest absolute Gasteiger partial charge is 0.468 e. The van der Waals surface area contributed by atoms with E-state index in [-0.39, 0.29) is 6.54 Å². The van der Waals surface area contributed by atoms with E-state index in [4.69, 9.17) is 4.74 Å². The van der Waals surface area contributed by atoms with E-state index in [0.717, 1.165) is 5.56 Å². The Morgan fingerprint density at radius 2 is 1.81 bits per heavy atom. The molecular formula is C20H20N2O5. The number of esters is 1. The zero-order valence-electron chi connectivity index (χ0n) is 14.8. The predicted molar refractivity (Wildman–Crippen MR) is 97.7 cm³/mol. The monoisotopic (exact) mass is 368 g/mol. The van der Waals surface area contributed by atoms with Crippen molar-refractivity contribution in [2.45, 2.75) is 11.8 Å². The van der Waals surface area contributed by atoms with E-state index < -0.39 is 40.6 Å². The van der Waals surface area contributed by atoms with E-state index in [2.05, 4.69) is 5.32 Å². The number of nitro groups is 1. The van der Waals surface area contributed by atoms with Crippen LogP contribution in [0.4, 0.5) is 0 Å². The lowest BCUT2D eigenvalue weighted by Gasteiger charge is -2.35. The number of nitrogens with one attached hydrogen (secondary N) is 1. The Kier molecular flexibility index (Phi) is 5.21. The number of benzene rings is 2. The molecule has 1 saturated heterocycles. The number of carbonyl (C=O) groups is 2. The summed E-state index contributed by atoms with van der Waals surface area (Å²) >= 11 is 0. The van der Waals surface area contributed by atoms with E-state index in [0.29, 0.717) is 5.56 Å². The number of ether oxygens (including phenoxy) is 1. The molecule has 2 aromatic carbocycles. The van der Waals surface area contributed by atoms with Crippen LogP contribution in [0.15, 0.2) is 60.7 Å². The summed E-state index contributed by atoms with van der Waals surface area (Å²) < 4.78 is 5.02. The quantitative estimate of drug-likeness (QED) is 0.364. The number of hydrogen-bond acceptors (Lipinski definition) is 5. The van der Waals surface area contributed by atoms with Gasteiger partial charge in [0, 0.05) is 17.4 Å². The molecule has 0 bridgehead atoms. The third kappa shape index (κ3) is 3.16. The lowest BCUT2D eigenvalue weighted by atomic mass is 9.63. The van der Waals surface area contributed by atoms with Gasteiger partial charge in [-0.15, -0.1) is 0 Å². The zero-order valence-corrected chi connectivity index (χ0v) is 14.8. The van der Waals surface area contributed by atoms with Crippen LogP contribution in [0.2, 0.25) is 0 Å². The molecule has 0 radical (unpaired) electrons. The van der Waals surface area contributed by atoms with Gasteiger partial charge in [0.25, 0.3) is 0 Å². The van der Waals surface area contributed by atoms with Gasteiger partial charge in [0.1, 0.15) is 0 Å². The number of rotatable bonds is 6. The average molecular weight is 368 g/mol. The summed E-state index contributed by atoms with van der Waals surface area (Å²) in [6.07, 6.45) is 0. The minimum absolute atomic E-state index is 0.207. The first-order valence-electron chi connectivity index (χ1n) is 8.60. The van der Waals surface area contributed by atoms with Gasteiger partial charge in [-0.25, -0.2) is 0 Å². The van der Waals surface area contributed by atoms with E-state index in [1.807, 2.05) is 30.3 Å². The highest BCUT2D eigenvalue weighted by molar-refractivity contribution is 6.06. The molecule has 1 fully saturated rings. The number of amides is 1. The molecule has 7 nitrogen and oxygen atoms in total. The fourth-order valence-corrected chi connectivity index (χ4v) is 4.02. The SMILES string of the molecule is COC(=O)[C@]1([C@H](C[N+](=O)[O-])c2ccccc2)C(=O)NC[C@H]1c1ccccc1. The lowest BCUT2D eigenvalue weighted by molar-refractivity contribution is -0.485. The van der Waals surface area contributed by atoms with Gasteiger partial charge in [-0.3, -0.25) is 19.7 Å². The summed E-state index contributed by atoms with van der Waals surface area (Å²) in [4.78, 5) is 37.0. The van der Waals surface area contributed by atoms with E-state index in [9.17, 15) is 19.7 Å². The standard InChI is InChI=1S/C20H20N2O5/c1-27-19(24)20(17(13-22(25)26)15-10-6-3-7-11-15)16(12-21-18(20)23)14-8-4-2-5-9-14/h2-11,16-17H,12-13H2,1H3,(H,21,23)/t16-,17+,20+/m0/s1. The summed E-state index contributed by atoms with van der Waals surface area (Å²) in [5.74, 6) is -2.85. The maximum atomic E-state index is 13.0. The Hall–Kier alpha value is -3.22. The molecule has 1 aliphatic heterocycles. The van der Waals surface area contributed by atoms with Crippen molar-refractivity contribution in [2.24, 2.45) is 5.41 Å². The number of hydrogen-bond donors (Lipinski definition) is 1. The normalized spacial score (nSPS) is 22.7. The minimum Gasteiger partial charge on any atom is -0.468 e. The molecule has 3 atom stereocenters. The molecule has 1 amide bonds. The summed E-state index contributed by atoms with van der Waals surface area (Å²) in [6, 6.07) is 17.7. The summed E-state index contributed by atoms with van der Waals surface area (Å²) in [6.45, 7) is -0.352. The third-order valence-electron chi connectivity index (χ3n) is 5.20. The molecule has 140 valence electrons. The molecular weight excluding hydrogens is 348 g/mol. The minimum atomic E-state index is -1.72. The van der Waals surface area contributed by atoms with Crippen LogP contribution in [-0.2, 0) is 14.3 Å². The highest BCUT2D eigenvalue weighted by Crippen LogP contribution is 2.51. The van der Waals surface area contributed by atoms with E-state index in [1.54, 1.807) is 30.3 Å². The molecule has 0 aromatic heterocycles. The molecule has 2 aromatic rings. The molecule has 1 aliphatic rings. The van der Waals surface area contributed by atoms with E-state index >= 15 is 0 Å². The van der Waals surface area contributed by atoms with Crippen molar-refractivity contribution in [3.8, 4) is 0 Å². The van der Waals surface area contributed by atoms with Gasteiger partial charge in [0.05, 0.1) is 13.0 Å². The fourth-order valence-electron chi connectivity index (χ4n) is 4.02. The van der Waals surface area contributed by atoms with Crippen LogP contribution in [0.1, 0.15) is 23.0 Å². The van der Waals surface area contributed by atoms with Gasteiger partial charge in [-0.05, 0) is 11.1 Å². The number of nitrogens with zero attached hydrogens (tertiary/aromatic N) is 1. The molecule has 3 rings (SSSR count). The lowest BCUT2D eigenvalue weighted by Crippen LogP contribution is -2.49. The van der Waals surface area contributed by atoms with Crippen molar-refractivity contribution >= 4 is 11.9 Å². The Morgan fingerprint density at radius 1 is 1.22 bits per heavy atom. The summed E-state index contributed by atoms with van der Waals surface area (Å²) in [5.41, 5.74) is -0.409. The molecule has 1 heterocycles. The Balaban J connectivity index is 2.24. The van der Waals surface area contributed by atoms with Crippen molar-refractivity contribution in [3.05, 3.63) is 81.9 Å². The van der Waals surface area contributed by atoms with Gasteiger partial charge < -0.3 is 10.1 Å². The molecule has 0 spiro atoms. The van der Waals surface area contributed by atoms with Gasteiger partial charge >= 0.3 is 5.97 Å². The zero-order chi connectivity index (χ0) is 19.4. The third-order valence-corrected chi connectivity index (χ3v) is 5.20. The maximum Gasteiger partial charge on any atom is 0.322 e. The predicted octanol–water partition coefficient (Wildman–Crippen LogP) is 2.12. The van der Waals surface area contributed by atoms with Crippen molar-refractivity contribution in [1.82, 2.24) is 5.32 Å². The van der Waals surface area contributed by atoms with Gasteiger partial charge in [0.2, 0.25) is 12.5 Å². The smallest absolute Gasteiger partial charge is 0.322 e. The first-order valence-corrected chi connectivity index (χ1v) is 8.60. The van der Waals surface area contributed by atoms with Crippen LogP contribution in [0.3, 0.4) is 0 Å². The van der Waals surface area contributed by atoms with Crippen molar-refractivity contribution in [3.63, 3.8) is 0 Å². The van der Waals surface area contributed by atoms with Crippen LogP contribution in [-0.4, -0.2) is 37.0 Å². The Labute approximate surface area is 156 Å².